The highest BCUT2D eigenvalue weighted by atomic mass is 16.5. The molecule has 0 unspecified atom stereocenters. The molecule has 0 radical (unpaired) electrons. The first kappa shape index (κ1) is 15.7. The number of hydrogen-bond acceptors (Lipinski definition) is 6. The van der Waals surface area contributed by atoms with Crippen molar-refractivity contribution >= 4 is 11.6 Å². The van der Waals surface area contributed by atoms with Gasteiger partial charge in [-0.1, -0.05) is 13.3 Å². The third-order valence-electron chi connectivity index (χ3n) is 2.48. The third kappa shape index (κ3) is 6.93. The number of anilines is 2. The molecule has 0 fully saturated rings. The van der Waals surface area contributed by atoms with Gasteiger partial charge in [-0.15, -0.1) is 0 Å². The van der Waals surface area contributed by atoms with Crippen LogP contribution in [0, 0.1) is 0 Å². The predicted octanol–water partition coefficient (Wildman–Crippen LogP) is 1.82. The van der Waals surface area contributed by atoms with E-state index in [9.17, 15) is 0 Å². The SMILES string of the molecule is CCCCOCCCNc1cc(N)nc(COC)n1. The monoisotopic (exact) mass is 268 g/mol. The second kappa shape index (κ2) is 9.52. The Hall–Kier alpha value is -1.40. The van der Waals surface area contributed by atoms with Crippen LogP contribution in [-0.2, 0) is 16.1 Å². The van der Waals surface area contributed by atoms with Gasteiger partial charge in [-0.05, 0) is 12.8 Å². The van der Waals surface area contributed by atoms with E-state index in [4.69, 9.17) is 15.2 Å². The largest absolute Gasteiger partial charge is 0.384 e. The molecule has 0 saturated carbocycles. The van der Waals surface area contributed by atoms with Gasteiger partial charge in [-0.2, -0.15) is 0 Å². The molecule has 0 amide bonds. The van der Waals surface area contributed by atoms with Crippen LogP contribution in [0.3, 0.4) is 0 Å². The molecule has 6 heteroatoms. The van der Waals surface area contributed by atoms with Crippen molar-refractivity contribution in [1.29, 1.82) is 0 Å². The molecule has 1 rings (SSSR count). The molecule has 0 aromatic carbocycles. The van der Waals surface area contributed by atoms with Gasteiger partial charge in [0.1, 0.15) is 18.2 Å². The number of ether oxygens (including phenoxy) is 2. The second-order valence-electron chi connectivity index (χ2n) is 4.27. The molecule has 19 heavy (non-hydrogen) atoms. The molecular weight excluding hydrogens is 244 g/mol. The highest BCUT2D eigenvalue weighted by Crippen LogP contribution is 2.08. The molecule has 0 bridgehead atoms. The van der Waals surface area contributed by atoms with Crippen molar-refractivity contribution in [3.05, 3.63) is 11.9 Å². The Morgan fingerprint density at radius 2 is 2.05 bits per heavy atom. The van der Waals surface area contributed by atoms with Gasteiger partial charge < -0.3 is 20.5 Å². The quantitative estimate of drug-likeness (QED) is 0.630. The molecule has 0 aliphatic carbocycles. The van der Waals surface area contributed by atoms with E-state index in [0.717, 1.165) is 38.4 Å². The van der Waals surface area contributed by atoms with Gasteiger partial charge in [-0.3, -0.25) is 0 Å². The number of nitrogens with zero attached hydrogens (tertiary/aromatic N) is 2. The van der Waals surface area contributed by atoms with Crippen LogP contribution in [0.25, 0.3) is 0 Å². The summed E-state index contributed by atoms with van der Waals surface area (Å²) in [5.74, 6) is 1.76. The summed E-state index contributed by atoms with van der Waals surface area (Å²) >= 11 is 0. The lowest BCUT2D eigenvalue weighted by molar-refractivity contribution is 0.131. The van der Waals surface area contributed by atoms with Crippen molar-refractivity contribution in [3.63, 3.8) is 0 Å². The maximum Gasteiger partial charge on any atom is 0.158 e. The summed E-state index contributed by atoms with van der Waals surface area (Å²) in [5, 5.41) is 3.21. The number of nitrogens with two attached hydrogens (primary N) is 1. The lowest BCUT2D eigenvalue weighted by Gasteiger charge is -2.08. The second-order valence-corrected chi connectivity index (χ2v) is 4.27. The van der Waals surface area contributed by atoms with Crippen LogP contribution in [0.4, 0.5) is 11.6 Å². The van der Waals surface area contributed by atoms with Gasteiger partial charge >= 0.3 is 0 Å². The molecular formula is C13H24N4O2. The van der Waals surface area contributed by atoms with E-state index in [0.29, 0.717) is 18.2 Å². The maximum absolute atomic E-state index is 5.70. The van der Waals surface area contributed by atoms with Crippen molar-refractivity contribution in [1.82, 2.24) is 9.97 Å². The molecule has 3 N–H and O–H groups in total. The van der Waals surface area contributed by atoms with Crippen molar-refractivity contribution < 1.29 is 9.47 Å². The number of unbranched alkanes of at least 4 members (excludes halogenated alkanes) is 1. The van der Waals surface area contributed by atoms with Crippen LogP contribution in [0.5, 0.6) is 0 Å². The molecule has 1 aromatic heterocycles. The normalized spacial score (nSPS) is 10.6. The molecule has 0 aliphatic rings. The molecule has 1 aromatic rings. The summed E-state index contributed by atoms with van der Waals surface area (Å²) < 4.78 is 10.5. The van der Waals surface area contributed by atoms with Crippen LogP contribution >= 0.6 is 0 Å². The van der Waals surface area contributed by atoms with Gasteiger partial charge in [0.05, 0.1) is 0 Å². The van der Waals surface area contributed by atoms with Crippen molar-refractivity contribution in [3.8, 4) is 0 Å². The van der Waals surface area contributed by atoms with Gasteiger partial charge in [0.15, 0.2) is 5.82 Å². The lowest BCUT2D eigenvalue weighted by atomic mass is 10.3. The minimum Gasteiger partial charge on any atom is -0.384 e. The number of nitrogens with one attached hydrogen (secondary N) is 1. The van der Waals surface area contributed by atoms with E-state index >= 15 is 0 Å². The summed E-state index contributed by atoms with van der Waals surface area (Å²) in [4.78, 5) is 8.38. The van der Waals surface area contributed by atoms with Crippen LogP contribution < -0.4 is 11.1 Å². The number of hydrogen-bond donors (Lipinski definition) is 2. The maximum atomic E-state index is 5.70. The number of nitrogen functional groups attached to an aromatic ring is 1. The predicted molar refractivity (Wildman–Crippen MR) is 76.0 cm³/mol. The standard InChI is InChI=1S/C13H24N4O2/c1-3-4-7-19-8-5-6-15-12-9-11(14)16-13(17-12)10-18-2/h9H,3-8,10H2,1-2H3,(H3,14,15,16,17). The first-order chi connectivity index (χ1) is 9.26. The van der Waals surface area contributed by atoms with E-state index in [1.807, 2.05) is 0 Å². The molecule has 0 atom stereocenters. The summed E-state index contributed by atoms with van der Waals surface area (Å²) in [6, 6.07) is 1.72. The zero-order valence-corrected chi connectivity index (χ0v) is 11.8. The van der Waals surface area contributed by atoms with E-state index in [1.54, 1.807) is 13.2 Å². The summed E-state index contributed by atoms with van der Waals surface area (Å²) in [7, 11) is 1.60. The van der Waals surface area contributed by atoms with Crippen LogP contribution in [0.15, 0.2) is 6.07 Å². The molecule has 6 nitrogen and oxygen atoms in total. The first-order valence-electron chi connectivity index (χ1n) is 6.70. The first-order valence-corrected chi connectivity index (χ1v) is 6.70. The Balaban J connectivity index is 2.25. The summed E-state index contributed by atoms with van der Waals surface area (Å²) in [6.45, 7) is 4.92. The summed E-state index contributed by atoms with van der Waals surface area (Å²) in [6.07, 6.45) is 3.23. The highest BCUT2D eigenvalue weighted by Gasteiger charge is 2.02. The van der Waals surface area contributed by atoms with E-state index < -0.39 is 0 Å². The Bertz CT molecular complexity index is 360. The average Bonchev–Trinajstić information content (AvgIpc) is 2.37. The smallest absolute Gasteiger partial charge is 0.158 e. The molecule has 0 saturated heterocycles. The zero-order valence-electron chi connectivity index (χ0n) is 11.8. The number of methoxy groups -OCH3 is 1. The Labute approximate surface area is 114 Å². The van der Waals surface area contributed by atoms with Crippen LogP contribution in [-0.4, -0.2) is 36.8 Å². The highest BCUT2D eigenvalue weighted by molar-refractivity contribution is 5.44. The van der Waals surface area contributed by atoms with Gasteiger partial charge in [-0.25, -0.2) is 9.97 Å². The van der Waals surface area contributed by atoms with Crippen LogP contribution in [0.1, 0.15) is 32.0 Å². The lowest BCUT2D eigenvalue weighted by Crippen LogP contribution is -2.10. The fourth-order valence-electron chi connectivity index (χ4n) is 1.54. The third-order valence-corrected chi connectivity index (χ3v) is 2.48. The van der Waals surface area contributed by atoms with E-state index in [2.05, 4.69) is 22.2 Å². The Kier molecular flexibility index (Phi) is 7.84. The van der Waals surface area contributed by atoms with Crippen molar-refractivity contribution in [2.24, 2.45) is 0 Å². The molecule has 108 valence electrons. The fraction of sp³-hybridized carbons (Fsp3) is 0.692. The minimum atomic E-state index is 0.361. The van der Waals surface area contributed by atoms with Gasteiger partial charge in [0, 0.05) is 32.9 Å². The summed E-state index contributed by atoms with van der Waals surface area (Å²) in [5.41, 5.74) is 5.70. The topological polar surface area (TPSA) is 82.3 Å². The zero-order chi connectivity index (χ0) is 13.9. The molecule has 0 spiro atoms. The van der Waals surface area contributed by atoms with E-state index in [-0.39, 0.29) is 0 Å². The van der Waals surface area contributed by atoms with Gasteiger partial charge in [0.2, 0.25) is 0 Å². The minimum absolute atomic E-state index is 0.361. The number of rotatable bonds is 10. The van der Waals surface area contributed by atoms with Crippen molar-refractivity contribution in [2.45, 2.75) is 32.8 Å². The number of aromatic nitrogens is 2. The van der Waals surface area contributed by atoms with Crippen molar-refractivity contribution in [2.75, 3.05) is 37.9 Å². The van der Waals surface area contributed by atoms with E-state index in [1.165, 1.54) is 6.42 Å². The molecule has 1 heterocycles. The molecule has 0 aliphatic heterocycles. The Morgan fingerprint density at radius 3 is 2.79 bits per heavy atom. The fourth-order valence-corrected chi connectivity index (χ4v) is 1.54. The van der Waals surface area contributed by atoms with Gasteiger partial charge in [0.25, 0.3) is 0 Å². The average molecular weight is 268 g/mol. The van der Waals surface area contributed by atoms with Crippen LogP contribution in [0.2, 0.25) is 0 Å². The Morgan fingerprint density at radius 1 is 1.26 bits per heavy atom.